The number of sulfonamides is 1. The first-order chi connectivity index (χ1) is 6.43. The van der Waals surface area contributed by atoms with Crippen LogP contribution in [0.25, 0.3) is 0 Å². The second-order valence-electron chi connectivity index (χ2n) is 3.21. The minimum atomic E-state index is -3.47. The van der Waals surface area contributed by atoms with Crippen molar-refractivity contribution in [3.8, 4) is 0 Å². The summed E-state index contributed by atoms with van der Waals surface area (Å²) in [6.07, 6.45) is 0. The van der Waals surface area contributed by atoms with E-state index in [0.29, 0.717) is 0 Å². The fourth-order valence-corrected chi connectivity index (χ4v) is 2.81. The first-order valence-corrected chi connectivity index (χ1v) is 6.06. The lowest BCUT2D eigenvalue weighted by atomic mass is 10.4. The van der Waals surface area contributed by atoms with Gasteiger partial charge in [0.2, 0.25) is 10.0 Å². The van der Waals surface area contributed by atoms with Gasteiger partial charge in [-0.25, -0.2) is 13.1 Å². The molecule has 0 aliphatic rings. The Balaban J connectivity index is 3.11. The third-order valence-electron chi connectivity index (χ3n) is 1.52. The molecule has 0 amide bonds. The first-order valence-electron chi connectivity index (χ1n) is 4.20. The van der Waals surface area contributed by atoms with Crippen molar-refractivity contribution in [1.82, 2.24) is 4.72 Å². The molecule has 0 aliphatic carbocycles. The Morgan fingerprint density at radius 1 is 1.29 bits per heavy atom. The summed E-state index contributed by atoms with van der Waals surface area (Å²) in [6, 6.07) is 6.22. The highest BCUT2D eigenvalue weighted by Gasteiger charge is 2.17. The molecular weight excluding hydrogens is 222 g/mol. The second kappa shape index (κ2) is 4.29. The number of halogens is 1. The highest BCUT2D eigenvalue weighted by Crippen LogP contribution is 2.20. The van der Waals surface area contributed by atoms with Crippen LogP contribution in [-0.2, 0) is 10.0 Å². The number of nitrogens with one attached hydrogen (secondary N) is 1. The molecule has 0 spiro atoms. The molecule has 0 aliphatic heterocycles. The van der Waals surface area contributed by atoms with Gasteiger partial charge >= 0.3 is 0 Å². The zero-order chi connectivity index (χ0) is 10.8. The van der Waals surface area contributed by atoms with Gasteiger partial charge in [-0.05, 0) is 26.0 Å². The molecule has 0 heterocycles. The standard InChI is InChI=1S/C9H12ClNO2S/c1-7(2)11-14(12,13)9-6-4-3-5-8(9)10/h3-7,11H,1-2H3. The smallest absolute Gasteiger partial charge is 0.209 e. The summed E-state index contributed by atoms with van der Waals surface area (Å²) in [7, 11) is -3.47. The van der Waals surface area contributed by atoms with Crippen LogP contribution in [-0.4, -0.2) is 14.5 Å². The summed E-state index contributed by atoms with van der Waals surface area (Å²) in [5, 5.41) is 0.237. The van der Waals surface area contributed by atoms with Crippen LogP contribution in [0.4, 0.5) is 0 Å². The molecule has 0 radical (unpaired) electrons. The largest absolute Gasteiger partial charge is 0.242 e. The molecule has 0 fully saturated rings. The van der Waals surface area contributed by atoms with Gasteiger partial charge in [0.05, 0.1) is 5.02 Å². The predicted molar refractivity (Wildman–Crippen MR) is 56.9 cm³/mol. The Labute approximate surface area is 89.1 Å². The Kier molecular flexibility index (Phi) is 3.53. The summed E-state index contributed by atoms with van der Waals surface area (Å²) < 4.78 is 25.8. The first kappa shape index (κ1) is 11.5. The van der Waals surface area contributed by atoms with Gasteiger partial charge in [-0.15, -0.1) is 0 Å². The van der Waals surface area contributed by atoms with E-state index >= 15 is 0 Å². The number of rotatable bonds is 3. The van der Waals surface area contributed by atoms with Crippen LogP contribution in [0.3, 0.4) is 0 Å². The van der Waals surface area contributed by atoms with E-state index in [9.17, 15) is 8.42 Å². The normalized spacial score (nSPS) is 12.0. The second-order valence-corrected chi connectivity index (χ2v) is 5.30. The van der Waals surface area contributed by atoms with Gasteiger partial charge in [-0.2, -0.15) is 0 Å². The van der Waals surface area contributed by atoms with E-state index in [1.165, 1.54) is 6.07 Å². The molecular formula is C9H12ClNO2S. The van der Waals surface area contributed by atoms with Gasteiger partial charge in [0.25, 0.3) is 0 Å². The summed E-state index contributed by atoms with van der Waals surface area (Å²) in [4.78, 5) is 0.121. The topological polar surface area (TPSA) is 46.2 Å². The fourth-order valence-electron chi connectivity index (χ4n) is 1.04. The van der Waals surface area contributed by atoms with Crippen molar-refractivity contribution in [2.75, 3.05) is 0 Å². The third kappa shape index (κ3) is 2.70. The molecule has 1 N–H and O–H groups in total. The van der Waals surface area contributed by atoms with Gasteiger partial charge in [-0.1, -0.05) is 23.7 Å². The summed E-state index contributed by atoms with van der Waals surface area (Å²) in [6.45, 7) is 3.52. The van der Waals surface area contributed by atoms with Gasteiger partial charge in [0.15, 0.2) is 0 Å². The van der Waals surface area contributed by atoms with Crippen molar-refractivity contribution in [2.24, 2.45) is 0 Å². The molecule has 0 aromatic heterocycles. The molecule has 0 unspecified atom stereocenters. The van der Waals surface area contributed by atoms with E-state index in [0.717, 1.165) is 0 Å². The average Bonchev–Trinajstić information content (AvgIpc) is 2.02. The summed E-state index contributed by atoms with van der Waals surface area (Å²) in [5.74, 6) is 0. The van der Waals surface area contributed by atoms with Crippen LogP contribution in [0.5, 0.6) is 0 Å². The van der Waals surface area contributed by atoms with Crippen molar-refractivity contribution in [1.29, 1.82) is 0 Å². The lowest BCUT2D eigenvalue weighted by Gasteiger charge is -2.10. The molecule has 14 heavy (non-hydrogen) atoms. The van der Waals surface area contributed by atoms with Crippen LogP contribution in [0.1, 0.15) is 13.8 Å². The van der Waals surface area contributed by atoms with Crippen LogP contribution in [0.2, 0.25) is 5.02 Å². The molecule has 78 valence electrons. The summed E-state index contributed by atoms with van der Waals surface area (Å²) in [5.41, 5.74) is 0. The number of hydrogen-bond donors (Lipinski definition) is 1. The van der Waals surface area contributed by atoms with Gasteiger partial charge in [0, 0.05) is 6.04 Å². The van der Waals surface area contributed by atoms with Crippen molar-refractivity contribution < 1.29 is 8.42 Å². The van der Waals surface area contributed by atoms with Crippen molar-refractivity contribution in [3.05, 3.63) is 29.3 Å². The molecule has 0 saturated carbocycles. The highest BCUT2D eigenvalue weighted by molar-refractivity contribution is 7.89. The van der Waals surface area contributed by atoms with Crippen molar-refractivity contribution in [2.45, 2.75) is 24.8 Å². The molecule has 0 atom stereocenters. The van der Waals surface area contributed by atoms with E-state index in [2.05, 4.69) is 4.72 Å². The van der Waals surface area contributed by atoms with E-state index in [4.69, 9.17) is 11.6 Å². The maximum absolute atomic E-state index is 11.7. The molecule has 1 aromatic carbocycles. The highest BCUT2D eigenvalue weighted by atomic mass is 35.5. The molecule has 1 rings (SSSR count). The lowest BCUT2D eigenvalue weighted by Crippen LogP contribution is -2.30. The Morgan fingerprint density at radius 2 is 1.86 bits per heavy atom. The minimum Gasteiger partial charge on any atom is -0.209 e. The summed E-state index contributed by atoms with van der Waals surface area (Å²) >= 11 is 5.77. The fraction of sp³-hybridized carbons (Fsp3) is 0.333. The SMILES string of the molecule is CC(C)NS(=O)(=O)c1ccccc1Cl. The monoisotopic (exact) mass is 233 g/mol. The van der Waals surface area contributed by atoms with Crippen molar-refractivity contribution in [3.63, 3.8) is 0 Å². The molecule has 0 saturated heterocycles. The van der Waals surface area contributed by atoms with E-state index < -0.39 is 10.0 Å². The van der Waals surface area contributed by atoms with Gasteiger partial charge in [-0.3, -0.25) is 0 Å². The lowest BCUT2D eigenvalue weighted by molar-refractivity contribution is 0.570. The van der Waals surface area contributed by atoms with E-state index in [1.54, 1.807) is 32.0 Å². The van der Waals surface area contributed by atoms with Crippen LogP contribution < -0.4 is 4.72 Å². The Hall–Kier alpha value is -0.580. The van der Waals surface area contributed by atoms with Crippen LogP contribution >= 0.6 is 11.6 Å². The molecule has 5 heteroatoms. The minimum absolute atomic E-state index is 0.121. The molecule has 0 bridgehead atoms. The maximum Gasteiger partial charge on any atom is 0.242 e. The maximum atomic E-state index is 11.7. The number of benzene rings is 1. The quantitative estimate of drug-likeness (QED) is 0.869. The van der Waals surface area contributed by atoms with Crippen molar-refractivity contribution >= 4 is 21.6 Å². The van der Waals surface area contributed by atoms with Gasteiger partial charge in [0.1, 0.15) is 4.90 Å². The van der Waals surface area contributed by atoms with Crippen LogP contribution in [0, 0.1) is 0 Å². The Bertz CT molecular complexity index is 415. The van der Waals surface area contributed by atoms with E-state index in [1.807, 2.05) is 0 Å². The number of hydrogen-bond acceptors (Lipinski definition) is 2. The molecule has 1 aromatic rings. The Morgan fingerprint density at radius 3 is 2.36 bits per heavy atom. The predicted octanol–water partition coefficient (Wildman–Crippen LogP) is 2.03. The molecule has 3 nitrogen and oxygen atoms in total. The average molecular weight is 234 g/mol. The zero-order valence-electron chi connectivity index (χ0n) is 7.99. The van der Waals surface area contributed by atoms with E-state index in [-0.39, 0.29) is 16.0 Å². The zero-order valence-corrected chi connectivity index (χ0v) is 9.56. The van der Waals surface area contributed by atoms with Gasteiger partial charge < -0.3 is 0 Å². The van der Waals surface area contributed by atoms with Crippen LogP contribution in [0.15, 0.2) is 29.2 Å². The third-order valence-corrected chi connectivity index (χ3v) is 3.68.